The molecule has 0 atom stereocenters. The molecule has 0 saturated carbocycles. The number of carbonyl (C=O) groups excluding carboxylic acids is 3. The van der Waals surface area contributed by atoms with E-state index in [1.807, 2.05) is 25.1 Å². The maximum absolute atomic E-state index is 12.9. The van der Waals surface area contributed by atoms with Gasteiger partial charge < -0.3 is 19.1 Å². The smallest absolute Gasteiger partial charge is 0.294 e. The van der Waals surface area contributed by atoms with Crippen molar-refractivity contribution in [1.29, 1.82) is 0 Å². The van der Waals surface area contributed by atoms with E-state index >= 15 is 0 Å². The van der Waals surface area contributed by atoms with Gasteiger partial charge in [-0.1, -0.05) is 29.8 Å². The van der Waals surface area contributed by atoms with Gasteiger partial charge in [-0.25, -0.2) is 0 Å². The highest BCUT2D eigenvalue weighted by atomic mass is 79.9. The third-order valence-electron chi connectivity index (χ3n) is 5.49. The second-order valence-electron chi connectivity index (χ2n) is 7.90. The summed E-state index contributed by atoms with van der Waals surface area (Å²) in [5.74, 6) is 0.202. The molecule has 0 unspecified atom stereocenters. The third kappa shape index (κ3) is 6.23. The fourth-order valence-corrected chi connectivity index (χ4v) is 5.28. The van der Waals surface area contributed by atoms with Crippen LogP contribution in [-0.4, -0.2) is 66.3 Å². The largest absolute Gasteiger partial charge is 0.490 e. The maximum Gasteiger partial charge on any atom is 0.294 e. The lowest BCUT2D eigenvalue weighted by Gasteiger charge is -2.28. The molecule has 2 aromatic carbocycles. The van der Waals surface area contributed by atoms with E-state index < -0.39 is 11.1 Å². The molecule has 2 saturated heterocycles. The van der Waals surface area contributed by atoms with Crippen molar-refractivity contribution in [1.82, 2.24) is 9.80 Å². The van der Waals surface area contributed by atoms with Crippen LogP contribution >= 0.6 is 39.3 Å². The number of amides is 3. The lowest BCUT2D eigenvalue weighted by molar-refractivity contribution is -0.139. The Morgan fingerprint density at radius 2 is 1.94 bits per heavy atom. The van der Waals surface area contributed by atoms with E-state index in [2.05, 4.69) is 15.9 Å². The van der Waals surface area contributed by atoms with Crippen molar-refractivity contribution < 1.29 is 28.6 Å². The second-order valence-corrected chi connectivity index (χ2v) is 10.2. The van der Waals surface area contributed by atoms with E-state index in [4.69, 9.17) is 25.8 Å². The van der Waals surface area contributed by atoms with Gasteiger partial charge in [0.05, 0.1) is 29.2 Å². The van der Waals surface area contributed by atoms with E-state index in [0.717, 1.165) is 22.2 Å². The first kappa shape index (κ1) is 26.5. The molecule has 3 amide bonds. The van der Waals surface area contributed by atoms with Gasteiger partial charge in [0.2, 0.25) is 5.91 Å². The van der Waals surface area contributed by atoms with Gasteiger partial charge >= 0.3 is 0 Å². The van der Waals surface area contributed by atoms with Crippen LogP contribution in [0.5, 0.6) is 11.5 Å². The number of ether oxygens (including phenoxy) is 3. The zero-order valence-electron chi connectivity index (χ0n) is 19.5. The topological polar surface area (TPSA) is 85.4 Å². The molecular formula is C25H24BrClN2O6S. The Morgan fingerprint density at radius 1 is 1.19 bits per heavy atom. The molecule has 0 aliphatic carbocycles. The van der Waals surface area contributed by atoms with Crippen LogP contribution in [0.3, 0.4) is 0 Å². The summed E-state index contributed by atoms with van der Waals surface area (Å²) in [6.45, 7) is 4.01. The van der Waals surface area contributed by atoms with Crippen LogP contribution in [0.2, 0.25) is 5.02 Å². The van der Waals surface area contributed by atoms with Gasteiger partial charge in [0.1, 0.15) is 13.2 Å². The van der Waals surface area contributed by atoms with Crippen LogP contribution < -0.4 is 9.47 Å². The van der Waals surface area contributed by atoms with Crippen LogP contribution in [0.25, 0.3) is 6.08 Å². The molecule has 4 rings (SSSR count). The minimum absolute atomic E-state index is 0.230. The lowest BCUT2D eigenvalue weighted by Crippen LogP contribution is -2.46. The summed E-state index contributed by atoms with van der Waals surface area (Å²) in [4.78, 5) is 40.8. The van der Waals surface area contributed by atoms with Gasteiger partial charge in [-0.15, -0.1) is 0 Å². The van der Waals surface area contributed by atoms with Gasteiger partial charge in [0.15, 0.2) is 11.5 Å². The van der Waals surface area contributed by atoms with E-state index in [-0.39, 0.29) is 24.0 Å². The van der Waals surface area contributed by atoms with Crippen molar-refractivity contribution in [3.8, 4) is 11.5 Å². The Kier molecular flexibility index (Phi) is 8.95. The molecule has 11 heteroatoms. The average Bonchev–Trinajstić information content (AvgIpc) is 3.12. The zero-order valence-corrected chi connectivity index (χ0v) is 22.7. The number of rotatable bonds is 8. The average molecular weight is 596 g/mol. The molecule has 2 aliphatic heterocycles. The first-order valence-electron chi connectivity index (χ1n) is 11.3. The Hall–Kier alpha value is -2.53. The molecule has 2 aromatic rings. The van der Waals surface area contributed by atoms with E-state index in [1.54, 1.807) is 29.2 Å². The molecule has 0 bridgehead atoms. The minimum Gasteiger partial charge on any atom is -0.490 e. The van der Waals surface area contributed by atoms with E-state index in [0.29, 0.717) is 59.5 Å². The summed E-state index contributed by atoms with van der Waals surface area (Å²) >= 11 is 10.6. The van der Waals surface area contributed by atoms with Gasteiger partial charge in [-0.2, -0.15) is 0 Å². The summed E-state index contributed by atoms with van der Waals surface area (Å²) in [6.07, 6.45) is 1.61. The second kappa shape index (κ2) is 12.1. The Labute approximate surface area is 226 Å². The van der Waals surface area contributed by atoms with Crippen LogP contribution in [0.1, 0.15) is 18.1 Å². The van der Waals surface area contributed by atoms with Crippen LogP contribution in [0.15, 0.2) is 45.8 Å². The number of nitrogens with zero attached hydrogens (tertiary/aromatic N) is 2. The molecule has 0 N–H and O–H groups in total. The molecule has 0 aromatic heterocycles. The molecule has 0 spiro atoms. The SMILES string of the molecule is CCOc1cc(/C=C2/SC(=O)N(CC(=O)N3CCOCC3)C2=O)cc(Br)c1OCc1ccccc1Cl. The standard InChI is InChI=1S/C25H24BrClN2O6S/c1-2-34-20-12-16(11-18(26)23(20)35-15-17-5-3-4-6-19(17)27)13-21-24(31)29(25(32)36-21)14-22(30)28-7-9-33-10-8-28/h3-6,11-13H,2,7-10,14-15H2,1H3/b21-13+. The van der Waals surface area contributed by atoms with Crippen molar-refractivity contribution in [2.24, 2.45) is 0 Å². The highest BCUT2D eigenvalue weighted by Gasteiger charge is 2.37. The predicted molar refractivity (Wildman–Crippen MR) is 141 cm³/mol. The lowest BCUT2D eigenvalue weighted by atomic mass is 10.1. The zero-order chi connectivity index (χ0) is 25.7. The van der Waals surface area contributed by atoms with Crippen molar-refractivity contribution in [2.75, 3.05) is 39.5 Å². The number of imide groups is 1. The summed E-state index contributed by atoms with van der Waals surface area (Å²) in [7, 11) is 0. The number of carbonyl (C=O) groups is 3. The molecular weight excluding hydrogens is 572 g/mol. The third-order valence-corrected chi connectivity index (χ3v) is 7.36. The molecule has 0 radical (unpaired) electrons. The molecule has 2 fully saturated rings. The summed E-state index contributed by atoms with van der Waals surface area (Å²) in [5, 5.41) is 0.127. The summed E-state index contributed by atoms with van der Waals surface area (Å²) in [6, 6.07) is 10.9. The summed E-state index contributed by atoms with van der Waals surface area (Å²) < 4.78 is 17.7. The quantitative estimate of drug-likeness (QED) is 0.398. The first-order chi connectivity index (χ1) is 17.4. The number of benzene rings is 2. The monoisotopic (exact) mass is 594 g/mol. The van der Waals surface area contributed by atoms with Gasteiger partial charge in [0.25, 0.3) is 11.1 Å². The molecule has 190 valence electrons. The Balaban J connectivity index is 1.51. The van der Waals surface area contributed by atoms with Crippen molar-refractivity contribution >= 4 is 62.4 Å². The van der Waals surface area contributed by atoms with Gasteiger partial charge in [0, 0.05) is 23.7 Å². The minimum atomic E-state index is -0.500. The van der Waals surface area contributed by atoms with Gasteiger partial charge in [-0.3, -0.25) is 19.3 Å². The van der Waals surface area contributed by atoms with Crippen molar-refractivity contribution in [3.05, 3.63) is 61.9 Å². The maximum atomic E-state index is 12.9. The molecule has 8 nitrogen and oxygen atoms in total. The highest BCUT2D eigenvalue weighted by molar-refractivity contribution is 9.10. The Morgan fingerprint density at radius 3 is 2.67 bits per heavy atom. The van der Waals surface area contributed by atoms with E-state index in [1.165, 1.54) is 0 Å². The Bertz CT molecular complexity index is 1200. The number of halogens is 2. The van der Waals surface area contributed by atoms with Crippen LogP contribution in [0.4, 0.5) is 4.79 Å². The highest BCUT2D eigenvalue weighted by Crippen LogP contribution is 2.40. The number of thioether (sulfide) groups is 1. The van der Waals surface area contributed by atoms with Crippen LogP contribution in [0, 0.1) is 0 Å². The predicted octanol–water partition coefficient (Wildman–Crippen LogP) is 4.98. The van der Waals surface area contributed by atoms with E-state index in [9.17, 15) is 14.4 Å². The molecule has 2 aliphatic rings. The van der Waals surface area contributed by atoms with Crippen molar-refractivity contribution in [3.63, 3.8) is 0 Å². The van der Waals surface area contributed by atoms with Crippen molar-refractivity contribution in [2.45, 2.75) is 13.5 Å². The summed E-state index contributed by atoms with van der Waals surface area (Å²) in [5.41, 5.74) is 1.47. The number of morpholine rings is 1. The molecule has 36 heavy (non-hydrogen) atoms. The van der Waals surface area contributed by atoms with Crippen LogP contribution in [-0.2, 0) is 20.9 Å². The fraction of sp³-hybridized carbons (Fsp3) is 0.320. The fourth-order valence-electron chi connectivity index (χ4n) is 3.68. The first-order valence-corrected chi connectivity index (χ1v) is 13.3. The number of hydrogen-bond donors (Lipinski definition) is 0. The molecule has 2 heterocycles. The number of hydrogen-bond acceptors (Lipinski definition) is 7. The normalized spacial score (nSPS) is 17.1. The van der Waals surface area contributed by atoms with Gasteiger partial charge in [-0.05, 0) is 64.5 Å².